The lowest BCUT2D eigenvalue weighted by Gasteiger charge is -2.40. The Morgan fingerprint density at radius 1 is 1.19 bits per heavy atom. The van der Waals surface area contributed by atoms with E-state index in [0.29, 0.717) is 19.7 Å². The molecule has 148 valence electrons. The third kappa shape index (κ3) is 4.09. The summed E-state index contributed by atoms with van der Waals surface area (Å²) in [4.78, 5) is 28.9. The van der Waals surface area contributed by atoms with Gasteiger partial charge in [-0.25, -0.2) is 9.97 Å². The van der Waals surface area contributed by atoms with E-state index >= 15 is 0 Å². The van der Waals surface area contributed by atoms with Crippen molar-refractivity contribution in [1.29, 1.82) is 0 Å². The van der Waals surface area contributed by atoms with Crippen LogP contribution >= 0.6 is 0 Å². The predicted octanol–water partition coefficient (Wildman–Crippen LogP) is 1.85. The second kappa shape index (κ2) is 8.52. The number of hydrogen-bond donors (Lipinski definition) is 0. The number of carbonyl (C=O) groups excluding carboxylic acids is 1. The fourth-order valence-electron chi connectivity index (χ4n) is 4.50. The van der Waals surface area contributed by atoms with E-state index in [1.54, 1.807) is 0 Å². The van der Waals surface area contributed by atoms with Gasteiger partial charge in [-0.05, 0) is 44.8 Å². The maximum absolute atomic E-state index is 13.2. The Labute approximate surface area is 161 Å². The Kier molecular flexibility index (Phi) is 5.88. The summed E-state index contributed by atoms with van der Waals surface area (Å²) < 4.78 is 5.99. The third-order valence-electron chi connectivity index (χ3n) is 6.07. The van der Waals surface area contributed by atoms with Gasteiger partial charge in [0, 0.05) is 25.8 Å². The average Bonchev–Trinajstić information content (AvgIpc) is 3.28. The molecule has 3 aliphatic rings. The van der Waals surface area contributed by atoms with E-state index in [0.717, 1.165) is 50.7 Å². The maximum Gasteiger partial charge on any atom is 0.240 e. The van der Waals surface area contributed by atoms with Crippen LogP contribution in [0.3, 0.4) is 0 Å². The van der Waals surface area contributed by atoms with E-state index in [1.165, 1.54) is 19.3 Å². The van der Waals surface area contributed by atoms with Gasteiger partial charge in [-0.15, -0.1) is 0 Å². The Hall–Kier alpha value is -1.73. The lowest BCUT2D eigenvalue weighted by atomic mass is 10.0. The van der Waals surface area contributed by atoms with Crippen molar-refractivity contribution in [2.75, 3.05) is 50.8 Å². The molecule has 0 aromatic carbocycles. The number of piperidine rings is 1. The Morgan fingerprint density at radius 2 is 2.00 bits per heavy atom. The molecule has 7 nitrogen and oxygen atoms in total. The third-order valence-corrected chi connectivity index (χ3v) is 6.07. The second-order valence-corrected chi connectivity index (χ2v) is 7.76. The number of aromatic nitrogens is 2. The number of likely N-dealkylation sites (N-methyl/N-ethyl adjacent to an activating group) is 1. The number of nitrogens with zero attached hydrogens (tertiary/aromatic N) is 5. The minimum atomic E-state index is -0.161. The summed E-state index contributed by atoms with van der Waals surface area (Å²) in [6.45, 7) is 7.99. The summed E-state index contributed by atoms with van der Waals surface area (Å²) in [5.41, 5.74) is 0.889. The van der Waals surface area contributed by atoms with E-state index in [1.807, 2.05) is 17.2 Å². The fraction of sp³-hybridized carbons (Fsp3) is 0.750. The molecule has 0 spiro atoms. The zero-order valence-electron chi connectivity index (χ0n) is 16.3. The summed E-state index contributed by atoms with van der Waals surface area (Å²) in [6, 6.07) is 1.96. The van der Waals surface area contributed by atoms with Gasteiger partial charge in [0.05, 0.1) is 24.9 Å². The number of carbonyl (C=O) groups is 1. The molecule has 4 rings (SSSR count). The molecule has 0 saturated carbocycles. The predicted molar refractivity (Wildman–Crippen MR) is 104 cm³/mol. The van der Waals surface area contributed by atoms with Gasteiger partial charge in [-0.3, -0.25) is 9.69 Å². The molecule has 0 bridgehead atoms. The van der Waals surface area contributed by atoms with Crippen LogP contribution < -0.4 is 4.90 Å². The average molecular weight is 374 g/mol. The minimum Gasteiger partial charge on any atom is -0.368 e. The van der Waals surface area contributed by atoms with Crippen LogP contribution in [0.15, 0.2) is 12.3 Å². The smallest absolute Gasteiger partial charge is 0.240 e. The molecule has 1 amide bonds. The molecule has 1 aromatic heterocycles. The minimum absolute atomic E-state index is 0.0352. The van der Waals surface area contributed by atoms with Crippen molar-refractivity contribution in [3.8, 4) is 0 Å². The molecule has 0 N–H and O–H groups in total. The topological polar surface area (TPSA) is 61.8 Å². The first-order valence-corrected chi connectivity index (χ1v) is 10.5. The number of morpholine rings is 1. The number of likely N-dealkylation sites (tertiary alicyclic amines) is 1. The van der Waals surface area contributed by atoms with Crippen LogP contribution in [-0.4, -0.2) is 77.6 Å². The van der Waals surface area contributed by atoms with Gasteiger partial charge in [-0.1, -0.05) is 13.3 Å². The van der Waals surface area contributed by atoms with Crippen LogP contribution in [0, 0.1) is 0 Å². The summed E-state index contributed by atoms with van der Waals surface area (Å²) in [7, 11) is 0. The zero-order valence-corrected chi connectivity index (χ0v) is 16.3. The second-order valence-electron chi connectivity index (χ2n) is 7.76. The van der Waals surface area contributed by atoms with E-state index in [-0.39, 0.29) is 18.1 Å². The first kappa shape index (κ1) is 18.6. The molecule has 0 aliphatic carbocycles. The van der Waals surface area contributed by atoms with Crippen LogP contribution in [0.5, 0.6) is 0 Å². The quantitative estimate of drug-likeness (QED) is 0.803. The molecule has 3 fully saturated rings. The van der Waals surface area contributed by atoms with Crippen LogP contribution in [-0.2, 0) is 9.53 Å². The van der Waals surface area contributed by atoms with Gasteiger partial charge < -0.3 is 14.5 Å². The molecule has 0 radical (unpaired) electrons. The highest BCUT2D eigenvalue weighted by Gasteiger charge is 2.34. The van der Waals surface area contributed by atoms with Crippen LogP contribution in [0.4, 0.5) is 5.95 Å². The van der Waals surface area contributed by atoms with Crippen LogP contribution in [0.1, 0.15) is 50.8 Å². The molecule has 2 atom stereocenters. The number of ether oxygens (including phenoxy) is 1. The lowest BCUT2D eigenvalue weighted by Crippen LogP contribution is -2.53. The molecule has 0 unspecified atom stereocenters. The highest BCUT2D eigenvalue weighted by molar-refractivity contribution is 5.82. The molecule has 3 aliphatic heterocycles. The normalized spacial score (nSPS) is 27.1. The number of amides is 1. The van der Waals surface area contributed by atoms with Gasteiger partial charge in [0.1, 0.15) is 6.10 Å². The lowest BCUT2D eigenvalue weighted by molar-refractivity contribution is -0.146. The number of rotatable bonds is 4. The van der Waals surface area contributed by atoms with Crippen molar-refractivity contribution in [3.63, 3.8) is 0 Å². The van der Waals surface area contributed by atoms with Gasteiger partial charge in [0.15, 0.2) is 0 Å². The van der Waals surface area contributed by atoms with E-state index in [9.17, 15) is 4.79 Å². The van der Waals surface area contributed by atoms with Crippen molar-refractivity contribution < 1.29 is 9.53 Å². The molecule has 7 heteroatoms. The van der Waals surface area contributed by atoms with E-state index in [4.69, 9.17) is 9.72 Å². The van der Waals surface area contributed by atoms with E-state index < -0.39 is 0 Å². The highest BCUT2D eigenvalue weighted by atomic mass is 16.5. The molecule has 27 heavy (non-hydrogen) atoms. The maximum atomic E-state index is 13.2. The highest BCUT2D eigenvalue weighted by Crippen LogP contribution is 2.25. The Bertz CT molecular complexity index is 649. The standard InChI is InChI=1S/C20H31N5O2/c1-2-23-10-4-3-7-17(23)19(26)25-13-14-27-18(15-25)16-8-9-21-20(22-16)24-11-5-6-12-24/h8-9,17-18H,2-7,10-15H2,1H3/t17-,18+/m0/s1. The molecule has 4 heterocycles. The van der Waals surface area contributed by atoms with Gasteiger partial charge in [-0.2, -0.15) is 0 Å². The van der Waals surface area contributed by atoms with Crippen molar-refractivity contribution in [3.05, 3.63) is 18.0 Å². The van der Waals surface area contributed by atoms with Gasteiger partial charge >= 0.3 is 0 Å². The monoisotopic (exact) mass is 373 g/mol. The summed E-state index contributed by atoms with van der Waals surface area (Å²) >= 11 is 0. The number of hydrogen-bond acceptors (Lipinski definition) is 6. The SMILES string of the molecule is CCN1CCCC[C@H]1C(=O)N1CCO[C@@H](c2ccnc(N3CCCC3)n2)C1. The number of anilines is 1. The first-order chi connectivity index (χ1) is 13.3. The van der Waals surface area contributed by atoms with Crippen molar-refractivity contribution in [1.82, 2.24) is 19.8 Å². The van der Waals surface area contributed by atoms with Crippen LogP contribution in [0.25, 0.3) is 0 Å². The molecule has 1 aromatic rings. The van der Waals surface area contributed by atoms with Crippen molar-refractivity contribution in [2.45, 2.75) is 51.2 Å². The van der Waals surface area contributed by atoms with Crippen molar-refractivity contribution in [2.24, 2.45) is 0 Å². The van der Waals surface area contributed by atoms with E-state index in [2.05, 4.69) is 21.7 Å². The zero-order chi connectivity index (χ0) is 18.6. The molecule has 3 saturated heterocycles. The van der Waals surface area contributed by atoms with Crippen LogP contribution in [0.2, 0.25) is 0 Å². The summed E-state index contributed by atoms with van der Waals surface area (Å²) in [6.07, 6.45) is 7.37. The van der Waals surface area contributed by atoms with Gasteiger partial charge in [0.2, 0.25) is 11.9 Å². The molecular weight excluding hydrogens is 342 g/mol. The summed E-state index contributed by atoms with van der Waals surface area (Å²) in [5.74, 6) is 1.06. The van der Waals surface area contributed by atoms with Gasteiger partial charge in [0.25, 0.3) is 0 Å². The fourth-order valence-corrected chi connectivity index (χ4v) is 4.50. The van der Waals surface area contributed by atoms with Crippen molar-refractivity contribution >= 4 is 11.9 Å². The first-order valence-electron chi connectivity index (χ1n) is 10.5. The molecular formula is C20H31N5O2. The largest absolute Gasteiger partial charge is 0.368 e. The Balaban J connectivity index is 1.45. The summed E-state index contributed by atoms with van der Waals surface area (Å²) in [5, 5.41) is 0. The Morgan fingerprint density at radius 3 is 2.81 bits per heavy atom.